The Morgan fingerprint density at radius 1 is 1.48 bits per heavy atom. The Morgan fingerprint density at radius 2 is 2.19 bits per heavy atom. The third kappa shape index (κ3) is 1.69. The molecule has 9 nitrogen and oxygen atoms in total. The summed E-state index contributed by atoms with van der Waals surface area (Å²) in [4.78, 5) is 22.1. The van der Waals surface area contributed by atoms with Crippen LogP contribution in [0.4, 0.5) is 0 Å². The summed E-state index contributed by atoms with van der Waals surface area (Å²) < 4.78 is 7.02. The van der Waals surface area contributed by atoms with E-state index in [-0.39, 0.29) is 11.2 Å². The van der Waals surface area contributed by atoms with Crippen molar-refractivity contribution in [1.82, 2.24) is 19.5 Å². The molecule has 0 saturated carbocycles. The van der Waals surface area contributed by atoms with E-state index >= 15 is 0 Å². The average Bonchev–Trinajstić information content (AvgIpc) is 2.95. The normalized spacial score (nSPS) is 36.4. The molecule has 0 amide bonds. The third-order valence-corrected chi connectivity index (χ3v) is 4.23. The van der Waals surface area contributed by atoms with E-state index in [1.54, 1.807) is 0 Å². The predicted octanol–water partition coefficient (Wildman–Crippen LogP) is -1.70. The summed E-state index contributed by atoms with van der Waals surface area (Å²) in [6, 6.07) is 0. The largest absolute Gasteiger partial charge is 0.394 e. The van der Waals surface area contributed by atoms with Gasteiger partial charge in [-0.2, -0.15) is 0 Å². The standard InChI is InChI=1S/C12H16N4O5/c1-11(20)8(18)6(3-17)21-12(11,2)16-5-15-7-9(16)13-4-14-10(7)19/h4-6,8,17-18,20H,3H2,1-2H3,(H,13,14,19)/t6-,8-,11-,12-/m1/s1. The van der Waals surface area contributed by atoms with Crippen LogP contribution in [0.15, 0.2) is 17.4 Å². The Hall–Kier alpha value is -1.81. The van der Waals surface area contributed by atoms with Crippen molar-refractivity contribution in [2.45, 2.75) is 37.4 Å². The maximum absolute atomic E-state index is 11.7. The van der Waals surface area contributed by atoms with Crippen molar-refractivity contribution in [3.05, 3.63) is 23.0 Å². The van der Waals surface area contributed by atoms with Crippen LogP contribution in [0.2, 0.25) is 0 Å². The van der Waals surface area contributed by atoms with Gasteiger partial charge in [0.05, 0.1) is 19.3 Å². The van der Waals surface area contributed by atoms with Crippen LogP contribution >= 0.6 is 0 Å². The van der Waals surface area contributed by atoms with Crippen LogP contribution in [0.1, 0.15) is 13.8 Å². The second-order valence-corrected chi connectivity index (χ2v) is 5.43. The Bertz CT molecular complexity index is 739. The second-order valence-electron chi connectivity index (χ2n) is 5.43. The Morgan fingerprint density at radius 3 is 2.81 bits per heavy atom. The maximum Gasteiger partial charge on any atom is 0.278 e. The number of aliphatic hydroxyl groups excluding tert-OH is 2. The molecular weight excluding hydrogens is 280 g/mol. The van der Waals surface area contributed by atoms with Gasteiger partial charge in [0.1, 0.15) is 17.8 Å². The number of aliphatic hydroxyl groups is 3. The molecule has 0 unspecified atom stereocenters. The summed E-state index contributed by atoms with van der Waals surface area (Å²) in [5, 5.41) is 30.0. The van der Waals surface area contributed by atoms with Crippen molar-refractivity contribution in [1.29, 1.82) is 0 Å². The number of nitrogens with one attached hydrogen (secondary N) is 1. The molecule has 0 radical (unpaired) electrons. The zero-order chi connectivity index (χ0) is 15.4. The monoisotopic (exact) mass is 296 g/mol. The molecule has 3 heterocycles. The van der Waals surface area contributed by atoms with Gasteiger partial charge in [0.25, 0.3) is 5.56 Å². The van der Waals surface area contributed by atoms with Gasteiger partial charge in [0.15, 0.2) is 16.9 Å². The zero-order valence-electron chi connectivity index (χ0n) is 11.5. The molecule has 4 N–H and O–H groups in total. The lowest BCUT2D eigenvalue weighted by Gasteiger charge is -2.37. The van der Waals surface area contributed by atoms with E-state index in [0.717, 1.165) is 0 Å². The molecular formula is C12H16N4O5. The van der Waals surface area contributed by atoms with Crippen LogP contribution in [0.5, 0.6) is 0 Å². The second kappa shape index (κ2) is 4.34. The molecule has 1 aliphatic rings. The molecule has 9 heteroatoms. The van der Waals surface area contributed by atoms with Gasteiger partial charge in [-0.1, -0.05) is 0 Å². The molecule has 4 atom stereocenters. The van der Waals surface area contributed by atoms with Gasteiger partial charge in [0.2, 0.25) is 0 Å². The molecule has 1 fully saturated rings. The minimum absolute atomic E-state index is 0.0973. The fourth-order valence-electron chi connectivity index (χ4n) is 2.71. The number of rotatable bonds is 2. The molecule has 2 aromatic rings. The fourth-order valence-corrected chi connectivity index (χ4v) is 2.71. The van der Waals surface area contributed by atoms with Crippen LogP contribution in [-0.2, 0) is 10.5 Å². The minimum atomic E-state index is -1.71. The third-order valence-electron chi connectivity index (χ3n) is 4.23. The SMILES string of the molecule is C[C@@]1(n2cnc3c(=O)[nH]cnc32)O[C@H](CO)[C@@H](O)[C@@]1(C)O. The van der Waals surface area contributed by atoms with Gasteiger partial charge in [-0.05, 0) is 13.8 Å². The molecule has 0 aromatic carbocycles. The predicted molar refractivity (Wildman–Crippen MR) is 70.4 cm³/mol. The molecule has 0 spiro atoms. The number of nitrogens with zero attached hydrogens (tertiary/aromatic N) is 3. The summed E-state index contributed by atoms with van der Waals surface area (Å²) >= 11 is 0. The van der Waals surface area contributed by atoms with Crippen LogP contribution in [0, 0.1) is 0 Å². The Balaban J connectivity index is 2.22. The zero-order valence-corrected chi connectivity index (χ0v) is 11.5. The van der Waals surface area contributed by atoms with E-state index in [9.17, 15) is 20.1 Å². The van der Waals surface area contributed by atoms with Gasteiger partial charge >= 0.3 is 0 Å². The molecule has 0 bridgehead atoms. The molecule has 114 valence electrons. The van der Waals surface area contributed by atoms with Gasteiger partial charge in [-0.3, -0.25) is 9.36 Å². The summed E-state index contributed by atoms with van der Waals surface area (Å²) in [7, 11) is 0. The molecule has 3 rings (SSSR count). The van der Waals surface area contributed by atoms with Crippen molar-refractivity contribution < 1.29 is 20.1 Å². The number of hydrogen-bond acceptors (Lipinski definition) is 7. The Kier molecular flexibility index (Phi) is 2.92. The van der Waals surface area contributed by atoms with Crippen LogP contribution in [0.3, 0.4) is 0 Å². The first-order chi connectivity index (χ1) is 9.83. The van der Waals surface area contributed by atoms with Crippen LogP contribution < -0.4 is 5.56 Å². The lowest BCUT2D eigenvalue weighted by molar-refractivity contribution is -0.174. The lowest BCUT2D eigenvalue weighted by Crippen LogP contribution is -2.53. The number of aromatic nitrogens is 4. The fraction of sp³-hybridized carbons (Fsp3) is 0.583. The lowest BCUT2D eigenvalue weighted by atomic mass is 9.88. The summed E-state index contributed by atoms with van der Waals surface area (Å²) in [6.07, 6.45) is 0.278. The number of fused-ring (bicyclic) bond motifs is 1. The van der Waals surface area contributed by atoms with Crippen LogP contribution in [-0.4, -0.2) is 59.3 Å². The number of imidazole rings is 1. The number of aromatic amines is 1. The number of hydrogen-bond donors (Lipinski definition) is 4. The van der Waals surface area contributed by atoms with E-state index < -0.39 is 35.7 Å². The summed E-state index contributed by atoms with van der Waals surface area (Å²) in [5.41, 5.74) is -3.25. The van der Waals surface area contributed by atoms with E-state index in [0.29, 0.717) is 0 Å². The highest BCUT2D eigenvalue weighted by atomic mass is 16.6. The number of H-pyrrole nitrogens is 1. The van der Waals surface area contributed by atoms with E-state index in [1.807, 2.05) is 0 Å². The molecule has 1 aliphatic heterocycles. The first kappa shape index (κ1) is 14.1. The first-order valence-electron chi connectivity index (χ1n) is 6.43. The highest BCUT2D eigenvalue weighted by molar-refractivity contribution is 5.69. The van der Waals surface area contributed by atoms with Crippen molar-refractivity contribution in [3.8, 4) is 0 Å². The molecule has 21 heavy (non-hydrogen) atoms. The summed E-state index contributed by atoms with van der Waals surface area (Å²) in [5.74, 6) is 0. The van der Waals surface area contributed by atoms with Crippen molar-refractivity contribution >= 4 is 11.2 Å². The molecule has 0 aliphatic carbocycles. The smallest absolute Gasteiger partial charge is 0.278 e. The summed E-state index contributed by atoms with van der Waals surface area (Å²) in [6.45, 7) is 2.48. The van der Waals surface area contributed by atoms with E-state index in [1.165, 1.54) is 31.1 Å². The van der Waals surface area contributed by atoms with Gasteiger partial charge in [-0.15, -0.1) is 0 Å². The molecule has 1 saturated heterocycles. The average molecular weight is 296 g/mol. The topological polar surface area (TPSA) is 133 Å². The van der Waals surface area contributed by atoms with E-state index in [2.05, 4.69) is 15.0 Å². The van der Waals surface area contributed by atoms with Gasteiger partial charge in [-0.25, -0.2) is 9.97 Å². The van der Waals surface area contributed by atoms with Gasteiger partial charge in [0, 0.05) is 0 Å². The van der Waals surface area contributed by atoms with Crippen molar-refractivity contribution in [2.75, 3.05) is 6.61 Å². The highest BCUT2D eigenvalue weighted by Gasteiger charge is 2.61. The van der Waals surface area contributed by atoms with E-state index in [4.69, 9.17) is 4.74 Å². The first-order valence-corrected chi connectivity index (χ1v) is 6.43. The quantitative estimate of drug-likeness (QED) is 0.519. The Labute approximate surface area is 118 Å². The van der Waals surface area contributed by atoms with Gasteiger partial charge < -0.3 is 25.0 Å². The minimum Gasteiger partial charge on any atom is -0.394 e. The van der Waals surface area contributed by atoms with Crippen molar-refractivity contribution in [2.24, 2.45) is 0 Å². The number of ether oxygens (including phenoxy) is 1. The molecule has 2 aromatic heterocycles. The van der Waals surface area contributed by atoms with Crippen molar-refractivity contribution in [3.63, 3.8) is 0 Å². The highest BCUT2D eigenvalue weighted by Crippen LogP contribution is 2.44. The maximum atomic E-state index is 11.7. The van der Waals surface area contributed by atoms with Crippen LogP contribution in [0.25, 0.3) is 11.2 Å².